The van der Waals surface area contributed by atoms with E-state index in [1.165, 1.54) is 0 Å². The molecule has 0 aliphatic carbocycles. The van der Waals surface area contributed by atoms with Crippen molar-refractivity contribution in [1.29, 1.82) is 0 Å². The van der Waals surface area contributed by atoms with E-state index in [1.54, 1.807) is 6.07 Å². The second-order valence-corrected chi connectivity index (χ2v) is 4.84. The van der Waals surface area contributed by atoms with E-state index in [2.05, 4.69) is 20.8 Å². The highest BCUT2D eigenvalue weighted by Gasteiger charge is 2.14. The van der Waals surface area contributed by atoms with Gasteiger partial charge in [-0.05, 0) is 38.1 Å². The van der Waals surface area contributed by atoms with Gasteiger partial charge < -0.3 is 10.6 Å². The van der Waals surface area contributed by atoms with E-state index in [9.17, 15) is 4.79 Å². The SMILES string of the molecule is CCc1nnc(C)cc1C(=O)Nc1ccccc1CNC.Cl. The Morgan fingerprint density at radius 3 is 2.64 bits per heavy atom. The van der Waals surface area contributed by atoms with Gasteiger partial charge in [0.25, 0.3) is 5.91 Å². The number of benzene rings is 1. The van der Waals surface area contributed by atoms with Gasteiger partial charge in [0.15, 0.2) is 0 Å². The zero-order chi connectivity index (χ0) is 15.2. The third-order valence-corrected chi connectivity index (χ3v) is 3.20. The maximum atomic E-state index is 12.5. The van der Waals surface area contributed by atoms with E-state index in [4.69, 9.17) is 0 Å². The Morgan fingerprint density at radius 2 is 1.95 bits per heavy atom. The van der Waals surface area contributed by atoms with Gasteiger partial charge in [-0.3, -0.25) is 4.79 Å². The lowest BCUT2D eigenvalue weighted by Crippen LogP contribution is -2.18. The topological polar surface area (TPSA) is 66.9 Å². The molecule has 1 aromatic heterocycles. The summed E-state index contributed by atoms with van der Waals surface area (Å²) in [6.07, 6.45) is 0.675. The summed E-state index contributed by atoms with van der Waals surface area (Å²) >= 11 is 0. The Kier molecular flexibility index (Phi) is 6.95. The Hall–Kier alpha value is -1.98. The first-order valence-electron chi connectivity index (χ1n) is 7.02. The number of carbonyl (C=O) groups excluding carboxylic acids is 1. The number of amides is 1. The van der Waals surface area contributed by atoms with Crippen molar-refractivity contribution in [2.45, 2.75) is 26.8 Å². The molecule has 0 saturated carbocycles. The lowest BCUT2D eigenvalue weighted by molar-refractivity contribution is 0.102. The van der Waals surface area contributed by atoms with Crippen LogP contribution in [0, 0.1) is 6.92 Å². The second-order valence-electron chi connectivity index (χ2n) is 4.84. The molecule has 6 heteroatoms. The number of nitrogens with one attached hydrogen (secondary N) is 2. The standard InChI is InChI=1S/C16H20N4O.ClH/c1-4-14-13(9-11(2)19-20-14)16(21)18-15-8-6-5-7-12(15)10-17-3;/h5-9,17H,4,10H2,1-3H3,(H,18,21);1H. The van der Waals surface area contributed by atoms with Crippen molar-refractivity contribution in [2.75, 3.05) is 12.4 Å². The van der Waals surface area contributed by atoms with Crippen LogP contribution in [0.25, 0.3) is 0 Å². The summed E-state index contributed by atoms with van der Waals surface area (Å²) in [5.74, 6) is -0.145. The van der Waals surface area contributed by atoms with Gasteiger partial charge in [-0.1, -0.05) is 25.1 Å². The average Bonchev–Trinajstić information content (AvgIpc) is 2.49. The van der Waals surface area contributed by atoms with Gasteiger partial charge >= 0.3 is 0 Å². The lowest BCUT2D eigenvalue weighted by Gasteiger charge is -2.12. The van der Waals surface area contributed by atoms with Crippen molar-refractivity contribution in [3.63, 3.8) is 0 Å². The van der Waals surface area contributed by atoms with Crippen LogP contribution in [-0.2, 0) is 13.0 Å². The second kappa shape index (κ2) is 8.46. The van der Waals surface area contributed by atoms with Gasteiger partial charge in [0.2, 0.25) is 0 Å². The Morgan fingerprint density at radius 1 is 1.23 bits per heavy atom. The molecule has 118 valence electrons. The van der Waals surface area contributed by atoms with Crippen molar-refractivity contribution in [3.05, 3.63) is 52.8 Å². The summed E-state index contributed by atoms with van der Waals surface area (Å²) in [5, 5.41) is 14.2. The third-order valence-electron chi connectivity index (χ3n) is 3.20. The van der Waals surface area contributed by atoms with E-state index in [-0.39, 0.29) is 18.3 Å². The molecule has 2 aromatic rings. The molecule has 0 aliphatic heterocycles. The highest BCUT2D eigenvalue weighted by Crippen LogP contribution is 2.17. The predicted octanol–water partition coefficient (Wildman–Crippen LogP) is 2.74. The van der Waals surface area contributed by atoms with E-state index in [0.717, 1.165) is 16.9 Å². The largest absolute Gasteiger partial charge is 0.322 e. The summed E-state index contributed by atoms with van der Waals surface area (Å²) in [6.45, 7) is 4.49. The number of aryl methyl sites for hydroxylation is 2. The normalized spacial score (nSPS) is 9.95. The van der Waals surface area contributed by atoms with Crippen molar-refractivity contribution in [1.82, 2.24) is 15.5 Å². The van der Waals surface area contributed by atoms with Crippen LogP contribution in [0.2, 0.25) is 0 Å². The number of aromatic nitrogens is 2. The Balaban J connectivity index is 0.00000242. The molecule has 0 fully saturated rings. The number of para-hydroxylation sites is 1. The van der Waals surface area contributed by atoms with Crippen LogP contribution < -0.4 is 10.6 Å². The molecule has 0 unspecified atom stereocenters. The maximum Gasteiger partial charge on any atom is 0.257 e. The average molecular weight is 321 g/mol. The van der Waals surface area contributed by atoms with E-state index in [1.807, 2.05) is 45.2 Å². The minimum Gasteiger partial charge on any atom is -0.322 e. The molecule has 0 bridgehead atoms. The van der Waals surface area contributed by atoms with Gasteiger partial charge in [0, 0.05) is 12.2 Å². The minimum atomic E-state index is -0.145. The number of carbonyl (C=O) groups is 1. The van der Waals surface area contributed by atoms with Crippen molar-refractivity contribution >= 4 is 24.0 Å². The van der Waals surface area contributed by atoms with Crippen LogP contribution in [0.4, 0.5) is 5.69 Å². The molecule has 1 aromatic carbocycles. The van der Waals surface area contributed by atoms with Crippen LogP contribution in [-0.4, -0.2) is 23.2 Å². The number of hydrogen-bond acceptors (Lipinski definition) is 4. The molecular formula is C16H21ClN4O. The minimum absolute atomic E-state index is 0. The molecule has 5 nitrogen and oxygen atoms in total. The summed E-state index contributed by atoms with van der Waals surface area (Å²) in [5.41, 5.74) is 3.90. The molecule has 22 heavy (non-hydrogen) atoms. The number of hydrogen-bond donors (Lipinski definition) is 2. The number of anilines is 1. The van der Waals surface area contributed by atoms with Crippen LogP contribution in [0.1, 0.15) is 34.2 Å². The molecule has 2 N–H and O–H groups in total. The highest BCUT2D eigenvalue weighted by atomic mass is 35.5. The molecule has 1 heterocycles. The monoisotopic (exact) mass is 320 g/mol. The quantitative estimate of drug-likeness (QED) is 0.889. The molecule has 0 saturated heterocycles. The smallest absolute Gasteiger partial charge is 0.257 e. The number of halogens is 1. The fourth-order valence-corrected chi connectivity index (χ4v) is 2.15. The van der Waals surface area contributed by atoms with E-state index in [0.29, 0.717) is 24.2 Å². The Bertz CT molecular complexity index is 646. The molecule has 1 amide bonds. The first-order chi connectivity index (χ1) is 10.2. The van der Waals surface area contributed by atoms with Gasteiger partial charge in [0.1, 0.15) is 0 Å². The number of rotatable bonds is 5. The van der Waals surface area contributed by atoms with Gasteiger partial charge in [-0.15, -0.1) is 12.4 Å². The van der Waals surface area contributed by atoms with Crippen LogP contribution in [0.15, 0.2) is 30.3 Å². The summed E-state index contributed by atoms with van der Waals surface area (Å²) in [4.78, 5) is 12.5. The Labute approximate surface area is 137 Å². The summed E-state index contributed by atoms with van der Waals surface area (Å²) in [6, 6.07) is 9.53. The van der Waals surface area contributed by atoms with E-state index >= 15 is 0 Å². The predicted molar refractivity (Wildman–Crippen MR) is 90.6 cm³/mol. The third kappa shape index (κ3) is 4.26. The zero-order valence-corrected chi connectivity index (χ0v) is 13.8. The number of nitrogens with zero attached hydrogens (tertiary/aromatic N) is 2. The fourth-order valence-electron chi connectivity index (χ4n) is 2.15. The van der Waals surface area contributed by atoms with Crippen molar-refractivity contribution < 1.29 is 4.79 Å². The zero-order valence-electron chi connectivity index (χ0n) is 13.0. The van der Waals surface area contributed by atoms with Gasteiger partial charge in [-0.2, -0.15) is 10.2 Å². The highest BCUT2D eigenvalue weighted by molar-refractivity contribution is 6.05. The van der Waals surface area contributed by atoms with Gasteiger partial charge in [0.05, 0.1) is 17.0 Å². The van der Waals surface area contributed by atoms with E-state index < -0.39 is 0 Å². The first-order valence-corrected chi connectivity index (χ1v) is 7.02. The van der Waals surface area contributed by atoms with Gasteiger partial charge in [-0.25, -0.2) is 0 Å². The summed E-state index contributed by atoms with van der Waals surface area (Å²) < 4.78 is 0. The molecule has 0 atom stereocenters. The van der Waals surface area contributed by atoms with Crippen molar-refractivity contribution in [2.24, 2.45) is 0 Å². The molecule has 2 rings (SSSR count). The summed E-state index contributed by atoms with van der Waals surface area (Å²) in [7, 11) is 1.88. The van der Waals surface area contributed by atoms with Crippen LogP contribution in [0.3, 0.4) is 0 Å². The molecule has 0 radical (unpaired) electrons. The first kappa shape index (κ1) is 18.1. The molecular weight excluding hydrogens is 300 g/mol. The maximum absolute atomic E-state index is 12.5. The molecule has 0 spiro atoms. The van der Waals surface area contributed by atoms with Crippen molar-refractivity contribution in [3.8, 4) is 0 Å². The fraction of sp³-hybridized carbons (Fsp3) is 0.312. The lowest BCUT2D eigenvalue weighted by atomic mass is 10.1. The van der Waals surface area contributed by atoms with Crippen LogP contribution >= 0.6 is 12.4 Å². The molecule has 0 aliphatic rings. The van der Waals surface area contributed by atoms with Crippen LogP contribution in [0.5, 0.6) is 0 Å².